The molecule has 0 spiro atoms. The first-order chi connectivity index (χ1) is 8.52. The minimum Gasteiger partial charge on any atom is -0.469 e. The van der Waals surface area contributed by atoms with Crippen LogP contribution in [0.15, 0.2) is 12.3 Å². The molecule has 1 heterocycles. The predicted octanol–water partition coefficient (Wildman–Crippen LogP) is -0.123. The quantitative estimate of drug-likeness (QED) is 0.714. The molecule has 7 nitrogen and oxygen atoms in total. The summed E-state index contributed by atoms with van der Waals surface area (Å²) >= 11 is 0. The summed E-state index contributed by atoms with van der Waals surface area (Å²) in [7, 11) is 3.03. The van der Waals surface area contributed by atoms with Crippen LogP contribution in [0.3, 0.4) is 0 Å². The Morgan fingerprint density at radius 2 is 2.28 bits per heavy atom. The highest BCUT2D eigenvalue weighted by Gasteiger charge is 2.10. The molecule has 0 atom stereocenters. The summed E-state index contributed by atoms with van der Waals surface area (Å²) in [5, 5.41) is 3.93. The van der Waals surface area contributed by atoms with Crippen LogP contribution in [0, 0.1) is 0 Å². The Morgan fingerprint density at radius 3 is 2.83 bits per heavy atom. The third-order valence-corrected chi connectivity index (χ3v) is 2.49. The Labute approximate surface area is 105 Å². The lowest BCUT2D eigenvalue weighted by atomic mass is 10.3. The van der Waals surface area contributed by atoms with E-state index in [1.807, 2.05) is 0 Å². The van der Waals surface area contributed by atoms with Crippen molar-refractivity contribution in [1.29, 1.82) is 0 Å². The molecule has 1 aromatic rings. The van der Waals surface area contributed by atoms with Gasteiger partial charge in [-0.3, -0.25) is 14.3 Å². The van der Waals surface area contributed by atoms with Crippen molar-refractivity contribution < 1.29 is 14.3 Å². The highest BCUT2D eigenvalue weighted by atomic mass is 16.5. The van der Waals surface area contributed by atoms with Crippen LogP contribution in [-0.2, 0) is 20.9 Å². The van der Waals surface area contributed by atoms with Crippen molar-refractivity contribution in [3.8, 4) is 0 Å². The summed E-state index contributed by atoms with van der Waals surface area (Å²) in [6, 6.07) is 1.63. The van der Waals surface area contributed by atoms with Crippen LogP contribution in [0.25, 0.3) is 0 Å². The van der Waals surface area contributed by atoms with Crippen LogP contribution in [-0.4, -0.2) is 47.3 Å². The molecular weight excluding hydrogens is 236 g/mol. The molecule has 0 bridgehead atoms. The zero-order valence-corrected chi connectivity index (χ0v) is 10.6. The molecular formula is C11H18N4O3. The molecule has 0 aliphatic carbocycles. The first kappa shape index (κ1) is 14.0. The van der Waals surface area contributed by atoms with Crippen molar-refractivity contribution in [2.75, 3.05) is 26.4 Å². The van der Waals surface area contributed by atoms with Crippen LogP contribution >= 0.6 is 0 Å². The molecule has 18 heavy (non-hydrogen) atoms. The van der Waals surface area contributed by atoms with Crippen LogP contribution in [0.5, 0.6) is 0 Å². The maximum atomic E-state index is 11.8. The first-order valence-corrected chi connectivity index (χ1v) is 5.62. The lowest BCUT2D eigenvalue weighted by molar-refractivity contribution is -0.141. The molecule has 0 aliphatic heterocycles. The SMILES string of the molecule is COC(=O)CCCN(C)C(=O)Cn1ccc(N)n1. The number of carbonyl (C=O) groups is 2. The largest absolute Gasteiger partial charge is 0.469 e. The molecule has 0 aromatic carbocycles. The van der Waals surface area contributed by atoms with E-state index >= 15 is 0 Å². The normalized spacial score (nSPS) is 10.1. The molecule has 0 unspecified atom stereocenters. The number of carbonyl (C=O) groups excluding carboxylic acids is 2. The molecule has 0 radical (unpaired) electrons. The average molecular weight is 254 g/mol. The number of anilines is 1. The van der Waals surface area contributed by atoms with E-state index in [9.17, 15) is 9.59 Å². The zero-order valence-electron chi connectivity index (χ0n) is 10.6. The number of rotatable bonds is 6. The monoisotopic (exact) mass is 254 g/mol. The second-order valence-corrected chi connectivity index (χ2v) is 3.93. The van der Waals surface area contributed by atoms with Gasteiger partial charge in [0.1, 0.15) is 12.4 Å². The number of ether oxygens (including phenoxy) is 1. The number of esters is 1. The fourth-order valence-electron chi connectivity index (χ4n) is 1.41. The van der Waals surface area contributed by atoms with E-state index in [1.54, 1.807) is 24.2 Å². The van der Waals surface area contributed by atoms with Crippen LogP contribution in [0.4, 0.5) is 5.82 Å². The number of nitrogens with two attached hydrogens (primary N) is 1. The van der Waals surface area contributed by atoms with Gasteiger partial charge in [0.15, 0.2) is 0 Å². The smallest absolute Gasteiger partial charge is 0.305 e. The Bertz CT molecular complexity index is 416. The summed E-state index contributed by atoms with van der Waals surface area (Å²) in [6.45, 7) is 0.649. The fourth-order valence-corrected chi connectivity index (χ4v) is 1.41. The number of hydrogen-bond donors (Lipinski definition) is 1. The highest BCUT2D eigenvalue weighted by Crippen LogP contribution is 1.99. The van der Waals surface area contributed by atoms with E-state index in [0.717, 1.165) is 0 Å². The van der Waals surface area contributed by atoms with Gasteiger partial charge in [0.05, 0.1) is 7.11 Å². The van der Waals surface area contributed by atoms with Crippen LogP contribution in [0.2, 0.25) is 0 Å². The summed E-state index contributed by atoms with van der Waals surface area (Å²) < 4.78 is 6.00. The summed E-state index contributed by atoms with van der Waals surface area (Å²) in [5.41, 5.74) is 5.45. The standard InChI is InChI=1S/C11H18N4O3/c1-14(6-3-4-11(17)18-2)10(16)8-15-7-5-9(12)13-15/h5,7H,3-4,6,8H2,1-2H3,(H2,12,13). The van der Waals surface area contributed by atoms with Crippen molar-refractivity contribution >= 4 is 17.7 Å². The van der Waals surface area contributed by atoms with E-state index in [-0.39, 0.29) is 18.4 Å². The topological polar surface area (TPSA) is 90.5 Å². The minimum atomic E-state index is -0.268. The molecule has 0 fully saturated rings. The number of methoxy groups -OCH3 is 1. The van der Waals surface area contributed by atoms with Crippen molar-refractivity contribution in [3.63, 3.8) is 0 Å². The molecule has 0 saturated carbocycles. The Kier molecular flexibility index (Phi) is 5.16. The molecule has 1 rings (SSSR count). The van der Waals surface area contributed by atoms with Crippen LogP contribution in [0.1, 0.15) is 12.8 Å². The molecule has 7 heteroatoms. The molecule has 1 amide bonds. The minimum absolute atomic E-state index is 0.0806. The molecule has 100 valence electrons. The number of aromatic nitrogens is 2. The van der Waals surface area contributed by atoms with Crippen molar-refractivity contribution in [2.45, 2.75) is 19.4 Å². The van der Waals surface area contributed by atoms with E-state index in [0.29, 0.717) is 25.2 Å². The summed E-state index contributed by atoms with van der Waals surface area (Å²) in [4.78, 5) is 24.2. The van der Waals surface area contributed by atoms with Crippen molar-refractivity contribution in [1.82, 2.24) is 14.7 Å². The fraction of sp³-hybridized carbons (Fsp3) is 0.545. The third kappa shape index (κ3) is 4.44. The van der Waals surface area contributed by atoms with Crippen molar-refractivity contribution in [2.24, 2.45) is 0 Å². The van der Waals surface area contributed by atoms with Gasteiger partial charge in [0.25, 0.3) is 0 Å². The van der Waals surface area contributed by atoms with Crippen molar-refractivity contribution in [3.05, 3.63) is 12.3 Å². The number of amides is 1. The van der Waals surface area contributed by atoms with Gasteiger partial charge in [-0.15, -0.1) is 0 Å². The second-order valence-electron chi connectivity index (χ2n) is 3.93. The van der Waals surface area contributed by atoms with E-state index in [4.69, 9.17) is 5.73 Å². The molecule has 2 N–H and O–H groups in total. The maximum Gasteiger partial charge on any atom is 0.305 e. The maximum absolute atomic E-state index is 11.8. The van der Waals surface area contributed by atoms with Gasteiger partial charge in [0.2, 0.25) is 5.91 Å². The predicted molar refractivity (Wildman–Crippen MR) is 65.5 cm³/mol. The van der Waals surface area contributed by atoms with Gasteiger partial charge < -0.3 is 15.4 Å². The molecule has 0 saturated heterocycles. The van der Waals surface area contributed by atoms with Gasteiger partial charge in [-0.2, -0.15) is 5.10 Å². The lowest BCUT2D eigenvalue weighted by Crippen LogP contribution is -2.31. The lowest BCUT2D eigenvalue weighted by Gasteiger charge is -2.16. The number of hydrogen-bond acceptors (Lipinski definition) is 5. The van der Waals surface area contributed by atoms with E-state index in [1.165, 1.54) is 11.8 Å². The summed E-state index contributed by atoms with van der Waals surface area (Å²) in [6.07, 6.45) is 2.54. The number of nitrogen functional groups attached to an aromatic ring is 1. The zero-order chi connectivity index (χ0) is 13.5. The molecule has 1 aromatic heterocycles. The van der Waals surface area contributed by atoms with Gasteiger partial charge in [-0.05, 0) is 12.5 Å². The second kappa shape index (κ2) is 6.63. The van der Waals surface area contributed by atoms with Gasteiger partial charge in [-0.1, -0.05) is 0 Å². The first-order valence-electron chi connectivity index (χ1n) is 5.62. The summed E-state index contributed by atoms with van der Waals surface area (Å²) in [5.74, 6) is 0.0369. The number of likely N-dealkylation sites (N-methyl/N-ethyl adjacent to an activating group) is 1. The van der Waals surface area contributed by atoms with Gasteiger partial charge >= 0.3 is 5.97 Å². The number of nitrogens with zero attached hydrogens (tertiary/aromatic N) is 3. The van der Waals surface area contributed by atoms with E-state index in [2.05, 4.69) is 9.84 Å². The van der Waals surface area contributed by atoms with Gasteiger partial charge in [0, 0.05) is 26.2 Å². The van der Waals surface area contributed by atoms with E-state index < -0.39 is 0 Å². The highest BCUT2D eigenvalue weighted by molar-refractivity contribution is 5.75. The Balaban J connectivity index is 2.31. The Hall–Kier alpha value is -2.05. The average Bonchev–Trinajstić information content (AvgIpc) is 2.74. The third-order valence-electron chi connectivity index (χ3n) is 2.49. The molecule has 0 aliphatic rings. The van der Waals surface area contributed by atoms with Crippen LogP contribution < -0.4 is 5.73 Å². The Morgan fingerprint density at radius 1 is 1.56 bits per heavy atom. The van der Waals surface area contributed by atoms with Gasteiger partial charge in [-0.25, -0.2) is 0 Å².